The normalized spacial score (nSPS) is 11.2. The van der Waals surface area contributed by atoms with Crippen LogP contribution >= 0.6 is 12.4 Å². The fraction of sp³-hybridized carbons (Fsp3) is 0.263. The van der Waals surface area contributed by atoms with E-state index in [2.05, 4.69) is 10.6 Å². The number of amides is 2. The van der Waals surface area contributed by atoms with Crippen molar-refractivity contribution >= 4 is 29.9 Å². The van der Waals surface area contributed by atoms with Crippen LogP contribution in [0.25, 0.3) is 0 Å². The van der Waals surface area contributed by atoms with Crippen LogP contribution in [0.4, 0.5) is 5.69 Å². The highest BCUT2D eigenvalue weighted by atomic mass is 35.5. The first kappa shape index (κ1) is 20.7. The number of aryl methyl sites for hydroxylation is 1. The zero-order valence-electron chi connectivity index (χ0n) is 14.4. The van der Waals surface area contributed by atoms with Crippen molar-refractivity contribution in [3.8, 4) is 0 Å². The van der Waals surface area contributed by atoms with Crippen LogP contribution in [0.3, 0.4) is 0 Å². The minimum atomic E-state index is -0.201. The van der Waals surface area contributed by atoms with Crippen LogP contribution in [0.15, 0.2) is 48.5 Å². The van der Waals surface area contributed by atoms with Crippen molar-refractivity contribution < 1.29 is 9.59 Å². The summed E-state index contributed by atoms with van der Waals surface area (Å²) >= 11 is 0. The Morgan fingerprint density at radius 2 is 1.72 bits per heavy atom. The topological polar surface area (TPSA) is 84.2 Å². The van der Waals surface area contributed by atoms with Crippen LogP contribution in [0.2, 0.25) is 0 Å². The maximum atomic E-state index is 12.3. The molecule has 2 amide bonds. The summed E-state index contributed by atoms with van der Waals surface area (Å²) in [5.74, 6) is -0.376. The van der Waals surface area contributed by atoms with Crippen LogP contribution in [-0.2, 0) is 0 Å². The fourth-order valence-corrected chi connectivity index (χ4v) is 2.20. The summed E-state index contributed by atoms with van der Waals surface area (Å²) in [6, 6.07) is 14.3. The SMILES string of the molecule is Cc1ccc(C(=O)NCCC(C)N)cc1NC(=O)c1ccccc1.Cl. The quantitative estimate of drug-likeness (QED) is 0.739. The predicted octanol–water partition coefficient (Wildman–Crippen LogP) is 3.14. The van der Waals surface area contributed by atoms with Crippen LogP contribution in [0.5, 0.6) is 0 Å². The van der Waals surface area contributed by atoms with E-state index in [-0.39, 0.29) is 30.3 Å². The largest absolute Gasteiger partial charge is 0.352 e. The lowest BCUT2D eigenvalue weighted by atomic mass is 10.1. The van der Waals surface area contributed by atoms with Crippen LogP contribution in [0.1, 0.15) is 39.6 Å². The molecule has 0 aliphatic carbocycles. The third-order valence-electron chi connectivity index (χ3n) is 3.67. The molecule has 0 aliphatic heterocycles. The van der Waals surface area contributed by atoms with Gasteiger partial charge in [0.25, 0.3) is 11.8 Å². The van der Waals surface area contributed by atoms with Crippen LogP contribution in [0, 0.1) is 6.92 Å². The molecule has 0 spiro atoms. The number of nitrogens with two attached hydrogens (primary N) is 1. The molecular formula is C19H24ClN3O2. The molecule has 0 fully saturated rings. The van der Waals surface area contributed by atoms with Gasteiger partial charge < -0.3 is 16.4 Å². The van der Waals surface area contributed by atoms with Crippen molar-refractivity contribution in [2.24, 2.45) is 5.73 Å². The zero-order valence-corrected chi connectivity index (χ0v) is 15.2. The van der Waals surface area contributed by atoms with E-state index in [0.29, 0.717) is 23.4 Å². The second kappa shape index (κ2) is 9.81. The van der Waals surface area contributed by atoms with E-state index in [4.69, 9.17) is 5.73 Å². The number of carbonyl (C=O) groups is 2. The molecule has 1 unspecified atom stereocenters. The third-order valence-corrected chi connectivity index (χ3v) is 3.67. The molecule has 0 aromatic heterocycles. The highest BCUT2D eigenvalue weighted by Crippen LogP contribution is 2.18. The number of nitrogens with one attached hydrogen (secondary N) is 2. The molecular weight excluding hydrogens is 338 g/mol. The highest BCUT2D eigenvalue weighted by Gasteiger charge is 2.11. The van der Waals surface area contributed by atoms with E-state index in [9.17, 15) is 9.59 Å². The first-order valence-corrected chi connectivity index (χ1v) is 7.98. The molecule has 134 valence electrons. The molecule has 2 aromatic carbocycles. The number of halogens is 1. The van der Waals surface area contributed by atoms with Crippen molar-refractivity contribution in [3.63, 3.8) is 0 Å². The lowest BCUT2D eigenvalue weighted by molar-refractivity contribution is 0.0951. The van der Waals surface area contributed by atoms with Gasteiger partial charge in [-0.25, -0.2) is 0 Å². The summed E-state index contributed by atoms with van der Waals surface area (Å²) in [5, 5.41) is 5.69. The standard InChI is InChI=1S/C19H23N3O2.ClH/c1-13-8-9-16(18(23)21-11-10-14(2)20)12-17(13)22-19(24)15-6-4-3-5-7-15;/h3-9,12,14H,10-11,20H2,1-2H3,(H,21,23)(H,22,24);1H. The Bertz CT molecular complexity index is 718. The monoisotopic (exact) mass is 361 g/mol. The van der Waals surface area contributed by atoms with Gasteiger partial charge in [-0.05, 0) is 50.1 Å². The molecule has 5 nitrogen and oxygen atoms in total. The average molecular weight is 362 g/mol. The summed E-state index contributed by atoms with van der Waals surface area (Å²) < 4.78 is 0. The predicted molar refractivity (Wildman–Crippen MR) is 103 cm³/mol. The number of hydrogen-bond acceptors (Lipinski definition) is 3. The summed E-state index contributed by atoms with van der Waals surface area (Å²) in [5.41, 5.74) is 8.28. The lowest BCUT2D eigenvalue weighted by Crippen LogP contribution is -2.29. The summed E-state index contributed by atoms with van der Waals surface area (Å²) in [4.78, 5) is 24.4. The van der Waals surface area contributed by atoms with E-state index < -0.39 is 0 Å². The number of hydrogen-bond donors (Lipinski definition) is 3. The molecule has 0 saturated carbocycles. The van der Waals surface area contributed by atoms with Crippen molar-refractivity contribution in [1.82, 2.24) is 5.32 Å². The minimum Gasteiger partial charge on any atom is -0.352 e. The maximum absolute atomic E-state index is 12.3. The van der Waals surface area contributed by atoms with Gasteiger partial charge in [-0.15, -0.1) is 12.4 Å². The van der Waals surface area contributed by atoms with Crippen LogP contribution in [-0.4, -0.2) is 24.4 Å². The van der Waals surface area contributed by atoms with E-state index in [0.717, 1.165) is 12.0 Å². The van der Waals surface area contributed by atoms with Gasteiger partial charge in [0.05, 0.1) is 0 Å². The van der Waals surface area contributed by atoms with Gasteiger partial charge in [0.1, 0.15) is 0 Å². The van der Waals surface area contributed by atoms with Gasteiger partial charge in [0.15, 0.2) is 0 Å². The minimum absolute atomic E-state index is 0. The van der Waals surface area contributed by atoms with Crippen molar-refractivity contribution in [3.05, 3.63) is 65.2 Å². The molecule has 0 aliphatic rings. The van der Waals surface area contributed by atoms with Gasteiger partial charge in [-0.2, -0.15) is 0 Å². The molecule has 25 heavy (non-hydrogen) atoms. The van der Waals surface area contributed by atoms with E-state index in [1.165, 1.54) is 0 Å². The highest BCUT2D eigenvalue weighted by molar-refractivity contribution is 6.05. The first-order chi connectivity index (χ1) is 11.5. The maximum Gasteiger partial charge on any atom is 0.255 e. The van der Waals surface area contributed by atoms with Gasteiger partial charge in [0.2, 0.25) is 0 Å². The first-order valence-electron chi connectivity index (χ1n) is 7.98. The Labute approximate surface area is 154 Å². The molecule has 2 aromatic rings. The van der Waals surface area contributed by atoms with Gasteiger partial charge in [-0.3, -0.25) is 9.59 Å². The van der Waals surface area contributed by atoms with Gasteiger partial charge in [-0.1, -0.05) is 24.3 Å². The third kappa shape index (κ3) is 6.21. The van der Waals surface area contributed by atoms with E-state index >= 15 is 0 Å². The fourth-order valence-electron chi connectivity index (χ4n) is 2.20. The molecule has 0 bridgehead atoms. The molecule has 6 heteroatoms. The Kier molecular flexibility index (Phi) is 8.11. The average Bonchev–Trinajstić information content (AvgIpc) is 2.57. The Balaban J connectivity index is 0.00000312. The lowest BCUT2D eigenvalue weighted by Gasteiger charge is -2.12. The summed E-state index contributed by atoms with van der Waals surface area (Å²) in [7, 11) is 0. The second-order valence-corrected chi connectivity index (χ2v) is 5.87. The Hall–Kier alpha value is -2.37. The number of carbonyl (C=O) groups excluding carboxylic acids is 2. The van der Waals surface area contributed by atoms with Crippen LogP contribution < -0.4 is 16.4 Å². The zero-order chi connectivity index (χ0) is 17.5. The smallest absolute Gasteiger partial charge is 0.255 e. The molecule has 0 saturated heterocycles. The van der Waals surface area contributed by atoms with E-state index in [1.54, 1.807) is 24.3 Å². The molecule has 1 atom stereocenters. The molecule has 4 N–H and O–H groups in total. The Morgan fingerprint density at radius 3 is 2.36 bits per heavy atom. The van der Waals surface area contributed by atoms with Crippen molar-refractivity contribution in [1.29, 1.82) is 0 Å². The number of benzene rings is 2. The van der Waals surface area contributed by atoms with Gasteiger partial charge >= 0.3 is 0 Å². The Morgan fingerprint density at radius 1 is 1.04 bits per heavy atom. The molecule has 2 rings (SSSR count). The van der Waals surface area contributed by atoms with Crippen molar-refractivity contribution in [2.75, 3.05) is 11.9 Å². The number of anilines is 1. The van der Waals surface area contributed by atoms with Crippen molar-refractivity contribution in [2.45, 2.75) is 26.3 Å². The molecule has 0 radical (unpaired) electrons. The van der Waals surface area contributed by atoms with E-state index in [1.807, 2.05) is 38.1 Å². The second-order valence-electron chi connectivity index (χ2n) is 5.87. The van der Waals surface area contributed by atoms with Gasteiger partial charge in [0, 0.05) is 29.4 Å². The number of rotatable bonds is 6. The summed E-state index contributed by atoms with van der Waals surface area (Å²) in [6.07, 6.45) is 0.717. The summed E-state index contributed by atoms with van der Waals surface area (Å²) in [6.45, 7) is 4.31. The molecule has 0 heterocycles.